The molecule has 1 saturated carbocycles. The van der Waals surface area contributed by atoms with Crippen molar-refractivity contribution in [3.05, 3.63) is 78.5 Å². The van der Waals surface area contributed by atoms with Gasteiger partial charge >= 0.3 is 13.7 Å². The molecule has 1 aromatic heterocycles. The number of pyridine rings is 1. The Hall–Kier alpha value is -5.35. The van der Waals surface area contributed by atoms with Crippen LogP contribution in [0.3, 0.4) is 0 Å². The van der Waals surface area contributed by atoms with E-state index < -0.39 is 42.6 Å². The summed E-state index contributed by atoms with van der Waals surface area (Å²) in [4.78, 5) is 48.0. The number of aromatic nitrogens is 1. The molecule has 1 fully saturated rings. The first-order chi connectivity index (χ1) is 26.9. The van der Waals surface area contributed by atoms with E-state index in [0.717, 1.165) is 6.07 Å². The molecular weight excluding hydrogens is 755 g/mol. The number of nitrogens with one attached hydrogen (secondary N) is 3. The summed E-state index contributed by atoms with van der Waals surface area (Å²) < 4.78 is 70.2. The summed E-state index contributed by atoms with van der Waals surface area (Å²) in [5.74, 6) is -1.59. The number of rotatable bonds is 20. The van der Waals surface area contributed by atoms with Crippen LogP contribution < -0.4 is 30.2 Å². The molecule has 0 atom stereocenters. The monoisotopic (exact) mass is 799 g/mol. The van der Waals surface area contributed by atoms with Crippen LogP contribution in [0.5, 0.6) is 23.0 Å². The van der Waals surface area contributed by atoms with Crippen molar-refractivity contribution in [2.75, 3.05) is 56.9 Å². The lowest BCUT2D eigenvalue weighted by Crippen LogP contribution is -2.36. The Kier molecular flexibility index (Phi) is 14.2. The van der Waals surface area contributed by atoms with E-state index in [1.807, 2.05) is 0 Å². The largest absolute Gasteiger partial charge is 0.493 e. The topological polar surface area (TPSA) is 176 Å². The maximum atomic E-state index is 15.4. The fourth-order valence-electron chi connectivity index (χ4n) is 5.55. The van der Waals surface area contributed by atoms with Crippen molar-refractivity contribution >= 4 is 47.8 Å². The molecular formula is C38H44F2N5O10P. The lowest BCUT2D eigenvalue weighted by Gasteiger charge is -2.25. The number of carbonyl (C=O) groups excluding carboxylic acids is 3. The normalized spacial score (nSPS) is 13.2. The third kappa shape index (κ3) is 10.7. The number of carbonyl (C=O) groups is 3. The van der Waals surface area contributed by atoms with Crippen LogP contribution in [0.15, 0.2) is 66.9 Å². The highest BCUT2D eigenvalue weighted by Gasteiger charge is 2.56. The zero-order chi connectivity index (χ0) is 40.3. The molecule has 0 bridgehead atoms. The third-order valence-electron chi connectivity index (χ3n) is 8.44. The quantitative estimate of drug-likeness (QED) is 0.0346. The Morgan fingerprint density at radius 1 is 0.857 bits per heavy atom. The first-order valence-electron chi connectivity index (χ1n) is 18.0. The van der Waals surface area contributed by atoms with Crippen LogP contribution in [0.25, 0.3) is 10.9 Å². The van der Waals surface area contributed by atoms with Crippen molar-refractivity contribution in [2.24, 2.45) is 5.41 Å². The van der Waals surface area contributed by atoms with Gasteiger partial charge in [-0.2, -0.15) is 0 Å². The molecule has 5 rings (SSSR count). The minimum absolute atomic E-state index is 0.109. The average Bonchev–Trinajstić information content (AvgIpc) is 3.98. The van der Waals surface area contributed by atoms with Crippen LogP contribution in [0.1, 0.15) is 40.0 Å². The smallest absolute Gasteiger partial charge is 0.426 e. The standard InChI is InChI=1S/C38H44F2N5O10P/c1-5-41-37(48)55-45(24-56(49,52-6-2)53-7-3)19-8-20-51-34-22-28-30(23-33(34)50-4)42-18-15-31(28)54-32-14-13-27(21-29(32)40)44-36(47)38(16-17-38)35(46)43-26-11-9-25(39)10-12-26/h9-15,18,21-23H,5-8,16-17,19-20,24H2,1-4H3,(H,41,48)(H,43,46)(H,44,47). The number of hydroxylamine groups is 2. The van der Waals surface area contributed by atoms with E-state index in [2.05, 4.69) is 20.9 Å². The minimum atomic E-state index is -3.59. The highest BCUT2D eigenvalue weighted by molar-refractivity contribution is 7.53. The molecule has 18 heteroatoms. The highest BCUT2D eigenvalue weighted by Crippen LogP contribution is 2.49. The molecule has 0 radical (unpaired) electrons. The molecule has 56 heavy (non-hydrogen) atoms. The molecule has 1 heterocycles. The molecule has 1 aliphatic carbocycles. The van der Waals surface area contributed by atoms with Gasteiger partial charge in [0.15, 0.2) is 23.1 Å². The van der Waals surface area contributed by atoms with E-state index in [0.29, 0.717) is 53.9 Å². The molecule has 0 unspecified atom stereocenters. The second-order valence-electron chi connectivity index (χ2n) is 12.5. The lowest BCUT2D eigenvalue weighted by atomic mass is 10.0. The maximum absolute atomic E-state index is 15.4. The average molecular weight is 800 g/mol. The molecule has 0 aliphatic heterocycles. The number of halogens is 2. The van der Waals surface area contributed by atoms with E-state index in [1.54, 1.807) is 39.0 Å². The Balaban J connectivity index is 1.25. The van der Waals surface area contributed by atoms with Gasteiger partial charge in [-0.15, -0.1) is 5.06 Å². The number of benzene rings is 3. The molecule has 300 valence electrons. The second-order valence-corrected chi connectivity index (χ2v) is 14.5. The molecule has 0 spiro atoms. The Bertz CT molecular complexity index is 2060. The van der Waals surface area contributed by atoms with E-state index in [-0.39, 0.29) is 49.8 Å². The summed E-state index contributed by atoms with van der Waals surface area (Å²) in [5, 5.41) is 9.46. The maximum Gasteiger partial charge on any atom is 0.426 e. The van der Waals surface area contributed by atoms with Gasteiger partial charge in [-0.1, -0.05) is 0 Å². The Morgan fingerprint density at radius 2 is 1.54 bits per heavy atom. The van der Waals surface area contributed by atoms with Crippen LogP contribution in [-0.4, -0.2) is 74.3 Å². The zero-order valence-corrected chi connectivity index (χ0v) is 32.3. The van der Waals surface area contributed by atoms with Crippen molar-refractivity contribution < 1.29 is 55.8 Å². The van der Waals surface area contributed by atoms with Gasteiger partial charge in [0.05, 0.1) is 32.4 Å². The molecule has 0 saturated heterocycles. The van der Waals surface area contributed by atoms with Crippen molar-refractivity contribution in [2.45, 2.75) is 40.0 Å². The van der Waals surface area contributed by atoms with Gasteiger partial charge in [0.2, 0.25) is 11.8 Å². The summed E-state index contributed by atoms with van der Waals surface area (Å²) in [6.07, 6.45) is 1.38. The van der Waals surface area contributed by atoms with Crippen LogP contribution in [-0.2, 0) is 28.0 Å². The number of methoxy groups -OCH3 is 1. The molecule has 15 nitrogen and oxygen atoms in total. The summed E-state index contributed by atoms with van der Waals surface area (Å²) in [6.45, 7) is 5.92. The highest BCUT2D eigenvalue weighted by atomic mass is 31.2. The summed E-state index contributed by atoms with van der Waals surface area (Å²) >= 11 is 0. The van der Waals surface area contributed by atoms with Crippen molar-refractivity contribution in [1.82, 2.24) is 15.4 Å². The fraction of sp³-hybridized carbons (Fsp3) is 0.368. The number of fused-ring (bicyclic) bond motifs is 1. The van der Waals surface area contributed by atoms with Crippen molar-refractivity contribution in [3.8, 4) is 23.0 Å². The SMILES string of the molecule is CCNC(=O)ON(CCCOc1cc2c(Oc3ccc(NC(=O)C4(C(=O)Nc5ccc(F)cc5)CC4)cc3F)ccnc2cc1OC)CP(=O)(OCC)OCC. The first-order valence-corrected chi connectivity index (χ1v) is 19.7. The zero-order valence-electron chi connectivity index (χ0n) is 31.4. The van der Waals surface area contributed by atoms with Gasteiger partial charge < -0.3 is 44.0 Å². The summed E-state index contributed by atoms with van der Waals surface area (Å²) in [7, 11) is -2.13. The number of anilines is 2. The summed E-state index contributed by atoms with van der Waals surface area (Å²) in [5.41, 5.74) is -0.393. The number of hydrogen-bond donors (Lipinski definition) is 3. The van der Waals surface area contributed by atoms with Gasteiger partial charge in [0, 0.05) is 48.2 Å². The fourth-order valence-corrected chi connectivity index (χ4v) is 7.16. The number of amides is 3. The Labute approximate surface area is 322 Å². The number of ether oxygens (including phenoxy) is 3. The molecule has 3 N–H and O–H groups in total. The van der Waals surface area contributed by atoms with Crippen molar-refractivity contribution in [3.63, 3.8) is 0 Å². The second kappa shape index (κ2) is 19.0. The molecule has 4 aromatic rings. The van der Waals surface area contributed by atoms with E-state index >= 15 is 4.39 Å². The van der Waals surface area contributed by atoms with Crippen LogP contribution in [0.4, 0.5) is 25.0 Å². The van der Waals surface area contributed by atoms with Gasteiger partial charge in [-0.05, 0) is 88.6 Å². The van der Waals surface area contributed by atoms with Crippen LogP contribution in [0, 0.1) is 17.0 Å². The van der Waals surface area contributed by atoms with Gasteiger partial charge in [-0.25, -0.2) is 13.6 Å². The third-order valence-corrected chi connectivity index (χ3v) is 10.4. The Morgan fingerprint density at radius 3 is 2.16 bits per heavy atom. The summed E-state index contributed by atoms with van der Waals surface area (Å²) in [6, 6.07) is 13.9. The predicted octanol–water partition coefficient (Wildman–Crippen LogP) is 7.63. The van der Waals surface area contributed by atoms with E-state index in [1.165, 1.54) is 54.8 Å². The molecule has 3 aromatic carbocycles. The van der Waals surface area contributed by atoms with Gasteiger partial charge in [0.25, 0.3) is 0 Å². The number of hydrogen-bond acceptors (Lipinski definition) is 12. The van der Waals surface area contributed by atoms with Gasteiger partial charge in [-0.3, -0.25) is 19.1 Å². The molecule has 1 aliphatic rings. The minimum Gasteiger partial charge on any atom is -0.493 e. The van der Waals surface area contributed by atoms with Crippen LogP contribution in [0.2, 0.25) is 0 Å². The van der Waals surface area contributed by atoms with E-state index in [4.69, 9.17) is 28.1 Å². The van der Waals surface area contributed by atoms with Crippen molar-refractivity contribution in [1.29, 1.82) is 0 Å². The lowest BCUT2D eigenvalue weighted by molar-refractivity contribution is -0.131. The molecule has 3 amide bonds. The number of nitrogens with zero attached hydrogens (tertiary/aromatic N) is 2. The van der Waals surface area contributed by atoms with Gasteiger partial charge in [0.1, 0.15) is 23.3 Å². The first kappa shape index (κ1) is 41.8. The van der Waals surface area contributed by atoms with Crippen LogP contribution >= 0.6 is 7.60 Å². The predicted molar refractivity (Wildman–Crippen MR) is 203 cm³/mol. The van der Waals surface area contributed by atoms with E-state index in [9.17, 15) is 23.3 Å².